The van der Waals surface area contributed by atoms with Crippen molar-refractivity contribution < 1.29 is 4.79 Å². The number of benzene rings is 2. The molecule has 0 aliphatic heterocycles. The van der Waals surface area contributed by atoms with Crippen LogP contribution in [-0.2, 0) is 4.79 Å². The number of imidazole rings is 1. The van der Waals surface area contributed by atoms with Crippen LogP contribution >= 0.6 is 0 Å². The highest BCUT2D eigenvalue weighted by Gasteiger charge is 2.12. The molecule has 3 N–H and O–H groups in total. The van der Waals surface area contributed by atoms with Crippen molar-refractivity contribution in [3.05, 3.63) is 72.6 Å². The molecule has 0 spiro atoms. The summed E-state index contributed by atoms with van der Waals surface area (Å²) in [5.41, 5.74) is 3.88. The van der Waals surface area contributed by atoms with Crippen molar-refractivity contribution in [2.75, 3.05) is 16.0 Å². The smallest absolute Gasteiger partial charge is 0.221 e. The number of nitriles is 1. The normalized spacial score (nSPS) is 10.3. The summed E-state index contributed by atoms with van der Waals surface area (Å²) in [7, 11) is 0. The Bertz CT molecular complexity index is 1220. The van der Waals surface area contributed by atoms with Crippen LogP contribution < -0.4 is 16.0 Å². The van der Waals surface area contributed by atoms with Gasteiger partial charge in [0.15, 0.2) is 17.2 Å². The molecule has 2 aromatic carbocycles. The number of para-hydroxylation sites is 1. The average Bonchev–Trinajstić information content (AvgIpc) is 3.12. The van der Waals surface area contributed by atoms with E-state index in [1.165, 1.54) is 17.6 Å². The molecule has 8 heteroatoms. The van der Waals surface area contributed by atoms with Gasteiger partial charge in [-0.2, -0.15) is 9.78 Å². The van der Waals surface area contributed by atoms with Gasteiger partial charge < -0.3 is 16.0 Å². The van der Waals surface area contributed by atoms with Crippen molar-refractivity contribution in [2.24, 2.45) is 0 Å². The van der Waals surface area contributed by atoms with Gasteiger partial charge in [0.05, 0.1) is 11.9 Å². The quantitative estimate of drug-likeness (QED) is 0.480. The third-order valence-corrected chi connectivity index (χ3v) is 4.09. The summed E-state index contributed by atoms with van der Waals surface area (Å²) in [5, 5.41) is 23.1. The number of hydrogen-bond donors (Lipinski definition) is 3. The fourth-order valence-corrected chi connectivity index (χ4v) is 2.90. The van der Waals surface area contributed by atoms with E-state index in [0.717, 1.165) is 11.4 Å². The van der Waals surface area contributed by atoms with E-state index < -0.39 is 0 Å². The van der Waals surface area contributed by atoms with Gasteiger partial charge in [0.1, 0.15) is 6.07 Å². The molecule has 0 radical (unpaired) electrons. The highest BCUT2D eigenvalue weighted by atomic mass is 16.1. The van der Waals surface area contributed by atoms with Crippen molar-refractivity contribution in [1.29, 1.82) is 5.26 Å². The van der Waals surface area contributed by atoms with E-state index in [9.17, 15) is 10.1 Å². The second-order valence-corrected chi connectivity index (χ2v) is 6.31. The molecule has 0 atom stereocenters. The van der Waals surface area contributed by atoms with Crippen LogP contribution in [0.25, 0.3) is 5.65 Å². The minimum Gasteiger partial charge on any atom is -0.352 e. The minimum absolute atomic E-state index is 0.145. The SMILES string of the molecule is CC(=O)Nc1cccc(Nc2cc(Nc3ccccc3)c3ncc(C#N)n3n2)c1. The molecule has 0 bridgehead atoms. The van der Waals surface area contributed by atoms with E-state index in [1.54, 1.807) is 12.1 Å². The molecule has 142 valence electrons. The molecule has 0 saturated carbocycles. The van der Waals surface area contributed by atoms with E-state index in [0.29, 0.717) is 28.5 Å². The van der Waals surface area contributed by atoms with Gasteiger partial charge in [-0.05, 0) is 30.3 Å². The van der Waals surface area contributed by atoms with Crippen LogP contribution in [0.1, 0.15) is 12.6 Å². The molecule has 2 heterocycles. The van der Waals surface area contributed by atoms with Crippen LogP contribution in [0.3, 0.4) is 0 Å². The lowest BCUT2D eigenvalue weighted by Gasteiger charge is -2.12. The first kappa shape index (κ1) is 18.0. The summed E-state index contributed by atoms with van der Waals surface area (Å²) in [6.45, 7) is 1.46. The molecule has 1 amide bonds. The Morgan fingerprint density at radius 2 is 1.76 bits per heavy atom. The standard InChI is InChI=1S/C21H17N7O/c1-14(29)24-16-8-5-9-17(10-16)26-20-11-19(25-15-6-3-2-4-7-15)21-23-13-18(12-22)28(21)27-20/h2-11,13,25H,1H3,(H,24,29)(H,26,27). The van der Waals surface area contributed by atoms with Gasteiger partial charge in [-0.25, -0.2) is 4.98 Å². The van der Waals surface area contributed by atoms with Crippen molar-refractivity contribution in [2.45, 2.75) is 6.92 Å². The second-order valence-electron chi connectivity index (χ2n) is 6.31. The molecule has 29 heavy (non-hydrogen) atoms. The Hall–Kier alpha value is -4.38. The maximum Gasteiger partial charge on any atom is 0.221 e. The maximum atomic E-state index is 11.3. The zero-order valence-corrected chi connectivity index (χ0v) is 15.5. The number of anilines is 5. The third kappa shape index (κ3) is 3.99. The summed E-state index contributed by atoms with van der Waals surface area (Å²) >= 11 is 0. The first-order valence-corrected chi connectivity index (χ1v) is 8.88. The van der Waals surface area contributed by atoms with Crippen molar-refractivity contribution in [3.63, 3.8) is 0 Å². The summed E-state index contributed by atoms with van der Waals surface area (Å²) in [6, 6.07) is 20.9. The number of rotatable bonds is 5. The molecule has 2 aromatic heterocycles. The summed E-state index contributed by atoms with van der Waals surface area (Å²) < 4.78 is 1.49. The van der Waals surface area contributed by atoms with Crippen LogP contribution in [0.2, 0.25) is 0 Å². The van der Waals surface area contributed by atoms with Crippen molar-refractivity contribution >= 4 is 40.1 Å². The van der Waals surface area contributed by atoms with E-state index in [1.807, 2.05) is 48.5 Å². The van der Waals surface area contributed by atoms with Gasteiger partial charge in [-0.1, -0.05) is 24.3 Å². The number of hydrogen-bond acceptors (Lipinski definition) is 6. The van der Waals surface area contributed by atoms with Crippen molar-refractivity contribution in [3.8, 4) is 6.07 Å². The van der Waals surface area contributed by atoms with Crippen LogP contribution in [-0.4, -0.2) is 20.5 Å². The van der Waals surface area contributed by atoms with Gasteiger partial charge in [0, 0.05) is 30.1 Å². The number of nitrogens with zero attached hydrogens (tertiary/aromatic N) is 4. The van der Waals surface area contributed by atoms with Gasteiger partial charge >= 0.3 is 0 Å². The number of amides is 1. The molecule has 0 saturated heterocycles. The fraction of sp³-hybridized carbons (Fsp3) is 0.0476. The molecule has 0 aliphatic rings. The Labute approximate surface area is 166 Å². The Morgan fingerprint density at radius 3 is 2.52 bits per heavy atom. The number of carbonyl (C=O) groups excluding carboxylic acids is 1. The summed E-state index contributed by atoms with van der Waals surface area (Å²) in [4.78, 5) is 15.6. The minimum atomic E-state index is -0.145. The second kappa shape index (κ2) is 7.70. The zero-order valence-electron chi connectivity index (χ0n) is 15.5. The molecule has 8 nitrogen and oxygen atoms in total. The third-order valence-electron chi connectivity index (χ3n) is 4.09. The zero-order chi connectivity index (χ0) is 20.2. The lowest BCUT2D eigenvalue weighted by Crippen LogP contribution is -2.06. The predicted octanol–water partition coefficient (Wildman–Crippen LogP) is 4.05. The number of aromatic nitrogens is 3. The van der Waals surface area contributed by atoms with Crippen LogP contribution in [0.4, 0.5) is 28.6 Å². The topological polar surface area (TPSA) is 107 Å². The van der Waals surface area contributed by atoms with E-state index in [4.69, 9.17) is 0 Å². The Balaban J connectivity index is 1.73. The predicted molar refractivity (Wildman–Crippen MR) is 111 cm³/mol. The number of fused-ring (bicyclic) bond motifs is 1. The summed E-state index contributed by atoms with van der Waals surface area (Å²) in [5.74, 6) is 0.374. The Kier molecular flexibility index (Phi) is 4.78. The lowest BCUT2D eigenvalue weighted by molar-refractivity contribution is -0.114. The average molecular weight is 383 g/mol. The molecular formula is C21H17N7O. The maximum absolute atomic E-state index is 11.3. The van der Waals surface area contributed by atoms with Gasteiger partial charge in [-0.15, -0.1) is 5.10 Å². The van der Waals surface area contributed by atoms with E-state index in [-0.39, 0.29) is 5.91 Å². The molecule has 0 unspecified atom stereocenters. The highest BCUT2D eigenvalue weighted by Crippen LogP contribution is 2.26. The largest absolute Gasteiger partial charge is 0.352 e. The Morgan fingerprint density at radius 1 is 1.00 bits per heavy atom. The monoisotopic (exact) mass is 383 g/mol. The summed E-state index contributed by atoms with van der Waals surface area (Å²) in [6.07, 6.45) is 1.49. The highest BCUT2D eigenvalue weighted by molar-refractivity contribution is 5.89. The number of nitrogens with one attached hydrogen (secondary N) is 3. The first-order chi connectivity index (χ1) is 14.1. The lowest BCUT2D eigenvalue weighted by atomic mass is 10.2. The van der Waals surface area contributed by atoms with Gasteiger partial charge in [0.2, 0.25) is 5.91 Å². The fourth-order valence-electron chi connectivity index (χ4n) is 2.90. The number of carbonyl (C=O) groups is 1. The van der Waals surface area contributed by atoms with Gasteiger partial charge in [0.25, 0.3) is 0 Å². The van der Waals surface area contributed by atoms with Crippen LogP contribution in [0, 0.1) is 11.3 Å². The molecule has 0 fully saturated rings. The van der Waals surface area contributed by atoms with Gasteiger partial charge in [-0.3, -0.25) is 4.79 Å². The molecule has 4 aromatic rings. The molecular weight excluding hydrogens is 366 g/mol. The van der Waals surface area contributed by atoms with Crippen molar-refractivity contribution in [1.82, 2.24) is 14.6 Å². The van der Waals surface area contributed by atoms with Crippen LogP contribution in [0.15, 0.2) is 66.9 Å². The first-order valence-electron chi connectivity index (χ1n) is 8.88. The molecule has 0 aliphatic carbocycles. The molecule has 4 rings (SSSR count). The van der Waals surface area contributed by atoms with E-state index >= 15 is 0 Å². The van der Waals surface area contributed by atoms with Crippen LogP contribution in [0.5, 0.6) is 0 Å². The van der Waals surface area contributed by atoms with E-state index in [2.05, 4.69) is 32.1 Å².